The van der Waals surface area contributed by atoms with Gasteiger partial charge in [0.15, 0.2) is 5.65 Å². The summed E-state index contributed by atoms with van der Waals surface area (Å²) in [7, 11) is 0. The third kappa shape index (κ3) is 3.52. The van der Waals surface area contributed by atoms with E-state index < -0.39 is 0 Å². The largest absolute Gasteiger partial charge is 0.396 e. The highest BCUT2D eigenvalue weighted by molar-refractivity contribution is 5.86. The lowest BCUT2D eigenvalue weighted by Gasteiger charge is -2.07. The molecule has 2 heterocycles. The van der Waals surface area contributed by atoms with Crippen LogP contribution in [-0.2, 0) is 0 Å². The number of aromatic amines is 1. The second kappa shape index (κ2) is 6.86. The second-order valence-electron chi connectivity index (χ2n) is 4.24. The molecule has 0 saturated heterocycles. The van der Waals surface area contributed by atoms with Gasteiger partial charge in [0, 0.05) is 13.2 Å². The standard InChI is InChI=1S/C11H19N7O/c12-17-11-15-9(8-7-14-18-10(8)16-11)13-5-3-1-2-4-6-19/h7,19H,1-6,12H2,(H3,13,14,15,16,17,18). The van der Waals surface area contributed by atoms with Gasteiger partial charge in [0.25, 0.3) is 0 Å². The van der Waals surface area contributed by atoms with Crippen molar-refractivity contribution in [2.75, 3.05) is 23.9 Å². The Morgan fingerprint density at radius 2 is 2.05 bits per heavy atom. The number of hydrogen-bond acceptors (Lipinski definition) is 7. The molecule has 0 aliphatic rings. The topological polar surface area (TPSA) is 125 Å². The van der Waals surface area contributed by atoms with E-state index >= 15 is 0 Å². The molecule has 0 aliphatic heterocycles. The summed E-state index contributed by atoms with van der Waals surface area (Å²) < 4.78 is 0. The number of aliphatic hydroxyl groups is 1. The first-order valence-corrected chi connectivity index (χ1v) is 6.37. The molecule has 2 rings (SSSR count). The summed E-state index contributed by atoms with van der Waals surface area (Å²) in [4.78, 5) is 8.42. The fraction of sp³-hybridized carbons (Fsp3) is 0.545. The number of nitrogens with zero attached hydrogens (tertiary/aromatic N) is 3. The molecule has 8 heteroatoms. The Morgan fingerprint density at radius 3 is 2.84 bits per heavy atom. The number of nitrogens with one attached hydrogen (secondary N) is 3. The first-order chi connectivity index (χ1) is 9.35. The zero-order valence-electron chi connectivity index (χ0n) is 10.7. The van der Waals surface area contributed by atoms with Crippen LogP contribution in [0.15, 0.2) is 6.20 Å². The van der Waals surface area contributed by atoms with Gasteiger partial charge in [-0.15, -0.1) is 0 Å². The molecule has 6 N–H and O–H groups in total. The molecule has 0 aromatic carbocycles. The molecule has 2 aromatic rings. The molecule has 0 unspecified atom stereocenters. The van der Waals surface area contributed by atoms with Crippen LogP contribution in [0.4, 0.5) is 11.8 Å². The summed E-state index contributed by atoms with van der Waals surface area (Å²) in [5.41, 5.74) is 3.07. The summed E-state index contributed by atoms with van der Waals surface area (Å²) in [6, 6.07) is 0. The Morgan fingerprint density at radius 1 is 1.21 bits per heavy atom. The number of fused-ring (bicyclic) bond motifs is 1. The molecule has 0 bridgehead atoms. The predicted molar refractivity (Wildman–Crippen MR) is 73.5 cm³/mol. The van der Waals surface area contributed by atoms with Gasteiger partial charge in [-0.1, -0.05) is 12.8 Å². The molecule has 0 atom stereocenters. The molecule has 0 spiro atoms. The lowest BCUT2D eigenvalue weighted by Crippen LogP contribution is -2.12. The quantitative estimate of drug-likeness (QED) is 0.269. The van der Waals surface area contributed by atoms with Gasteiger partial charge in [0.1, 0.15) is 5.82 Å². The van der Waals surface area contributed by atoms with Crippen molar-refractivity contribution < 1.29 is 5.11 Å². The number of hydrazine groups is 1. The molecule has 0 fully saturated rings. The van der Waals surface area contributed by atoms with Gasteiger partial charge in [0.2, 0.25) is 5.95 Å². The summed E-state index contributed by atoms with van der Waals surface area (Å²) in [6.07, 6.45) is 5.69. The minimum atomic E-state index is 0.264. The molecule has 0 radical (unpaired) electrons. The number of nitrogens with two attached hydrogens (primary N) is 1. The smallest absolute Gasteiger partial charge is 0.241 e. The molecular weight excluding hydrogens is 246 g/mol. The molecule has 19 heavy (non-hydrogen) atoms. The summed E-state index contributed by atoms with van der Waals surface area (Å²) in [5.74, 6) is 6.39. The molecule has 2 aromatic heterocycles. The highest BCUT2D eigenvalue weighted by Gasteiger charge is 2.08. The van der Waals surface area contributed by atoms with Gasteiger partial charge in [-0.3, -0.25) is 10.5 Å². The maximum absolute atomic E-state index is 8.69. The Hall–Kier alpha value is -1.93. The second-order valence-corrected chi connectivity index (χ2v) is 4.24. The van der Waals surface area contributed by atoms with Crippen LogP contribution in [-0.4, -0.2) is 38.4 Å². The Balaban J connectivity index is 1.93. The lowest BCUT2D eigenvalue weighted by atomic mass is 10.2. The van der Waals surface area contributed by atoms with E-state index in [4.69, 9.17) is 10.9 Å². The maximum atomic E-state index is 8.69. The third-order valence-corrected chi connectivity index (χ3v) is 2.82. The fourth-order valence-electron chi connectivity index (χ4n) is 1.83. The van der Waals surface area contributed by atoms with Crippen molar-refractivity contribution in [2.45, 2.75) is 25.7 Å². The van der Waals surface area contributed by atoms with Crippen molar-refractivity contribution in [3.05, 3.63) is 6.20 Å². The van der Waals surface area contributed by atoms with Gasteiger partial charge in [-0.05, 0) is 12.8 Å². The number of aliphatic hydroxyl groups excluding tert-OH is 1. The number of aromatic nitrogens is 4. The number of nitrogen functional groups attached to an aromatic ring is 1. The minimum absolute atomic E-state index is 0.264. The first kappa shape index (κ1) is 13.5. The van der Waals surface area contributed by atoms with Crippen LogP contribution >= 0.6 is 0 Å². The van der Waals surface area contributed by atoms with E-state index in [1.54, 1.807) is 6.20 Å². The monoisotopic (exact) mass is 265 g/mol. The van der Waals surface area contributed by atoms with Gasteiger partial charge >= 0.3 is 0 Å². The maximum Gasteiger partial charge on any atom is 0.241 e. The van der Waals surface area contributed by atoms with E-state index in [-0.39, 0.29) is 6.61 Å². The van der Waals surface area contributed by atoms with Crippen molar-refractivity contribution in [1.29, 1.82) is 0 Å². The van der Waals surface area contributed by atoms with Gasteiger partial charge in [-0.25, -0.2) is 5.84 Å². The average molecular weight is 265 g/mol. The number of hydrogen-bond donors (Lipinski definition) is 5. The van der Waals surface area contributed by atoms with E-state index in [1.165, 1.54) is 0 Å². The van der Waals surface area contributed by atoms with E-state index in [2.05, 4.69) is 30.9 Å². The van der Waals surface area contributed by atoms with E-state index in [1.807, 2.05) is 0 Å². The van der Waals surface area contributed by atoms with Crippen LogP contribution in [0.25, 0.3) is 11.0 Å². The summed E-state index contributed by atoms with van der Waals surface area (Å²) >= 11 is 0. The van der Waals surface area contributed by atoms with Crippen LogP contribution < -0.4 is 16.6 Å². The third-order valence-electron chi connectivity index (χ3n) is 2.82. The SMILES string of the molecule is NNc1nc(NCCCCCCO)c2cn[nH]c2n1. The van der Waals surface area contributed by atoms with Crippen LogP contribution in [0.3, 0.4) is 0 Å². The summed E-state index contributed by atoms with van der Waals surface area (Å²) in [6.45, 7) is 1.08. The minimum Gasteiger partial charge on any atom is -0.396 e. The van der Waals surface area contributed by atoms with Crippen LogP contribution in [0, 0.1) is 0 Å². The highest BCUT2D eigenvalue weighted by atomic mass is 16.2. The van der Waals surface area contributed by atoms with Crippen LogP contribution in [0.5, 0.6) is 0 Å². The Kier molecular flexibility index (Phi) is 4.87. The van der Waals surface area contributed by atoms with Crippen molar-refractivity contribution in [2.24, 2.45) is 5.84 Å². The van der Waals surface area contributed by atoms with Crippen LogP contribution in [0.1, 0.15) is 25.7 Å². The molecular formula is C11H19N7O. The summed E-state index contributed by atoms with van der Waals surface area (Å²) in [5, 5.41) is 19.5. The zero-order chi connectivity index (χ0) is 13.5. The van der Waals surface area contributed by atoms with Crippen molar-refractivity contribution in [3.8, 4) is 0 Å². The predicted octanol–water partition coefficient (Wildman–Crippen LogP) is 0.603. The van der Waals surface area contributed by atoms with Crippen molar-refractivity contribution >= 4 is 22.8 Å². The molecule has 104 valence electrons. The van der Waals surface area contributed by atoms with E-state index in [0.717, 1.165) is 37.6 Å². The fourth-order valence-corrected chi connectivity index (χ4v) is 1.83. The first-order valence-electron chi connectivity index (χ1n) is 6.37. The van der Waals surface area contributed by atoms with Gasteiger partial charge in [-0.2, -0.15) is 15.1 Å². The number of unbranched alkanes of at least 4 members (excludes halogenated alkanes) is 3. The average Bonchev–Trinajstić information content (AvgIpc) is 2.90. The molecule has 8 nitrogen and oxygen atoms in total. The molecule has 0 amide bonds. The number of rotatable bonds is 8. The molecule has 0 saturated carbocycles. The highest BCUT2D eigenvalue weighted by Crippen LogP contribution is 2.19. The zero-order valence-corrected chi connectivity index (χ0v) is 10.7. The van der Waals surface area contributed by atoms with Crippen LogP contribution in [0.2, 0.25) is 0 Å². The Labute approximate surface area is 110 Å². The van der Waals surface area contributed by atoms with E-state index in [0.29, 0.717) is 17.4 Å². The normalized spacial score (nSPS) is 10.8. The van der Waals surface area contributed by atoms with Crippen molar-refractivity contribution in [1.82, 2.24) is 20.2 Å². The van der Waals surface area contributed by atoms with Crippen molar-refractivity contribution in [3.63, 3.8) is 0 Å². The molecule has 0 aliphatic carbocycles. The van der Waals surface area contributed by atoms with Gasteiger partial charge < -0.3 is 10.4 Å². The Bertz CT molecular complexity index is 513. The lowest BCUT2D eigenvalue weighted by molar-refractivity contribution is 0.283. The van der Waals surface area contributed by atoms with E-state index in [9.17, 15) is 0 Å². The number of anilines is 2. The number of H-pyrrole nitrogens is 1. The van der Waals surface area contributed by atoms with Gasteiger partial charge in [0.05, 0.1) is 11.6 Å².